The van der Waals surface area contributed by atoms with Crippen LogP contribution in [0.5, 0.6) is 0 Å². The van der Waals surface area contributed by atoms with E-state index in [0.717, 1.165) is 102 Å². The van der Waals surface area contributed by atoms with Crippen molar-refractivity contribution in [1.29, 1.82) is 0 Å². The third-order valence-corrected chi connectivity index (χ3v) is 21.1. The van der Waals surface area contributed by atoms with Gasteiger partial charge in [0.25, 0.3) is 0 Å². The first-order valence-corrected chi connectivity index (χ1v) is 45.5. The second kappa shape index (κ2) is 73.6. The van der Waals surface area contributed by atoms with Crippen LogP contribution in [0.4, 0.5) is 0 Å². The first-order chi connectivity index (χ1) is 48.9. The normalized spacial score (nSPS) is 13.9. The molecule has 0 bridgehead atoms. The molecule has 17 nitrogen and oxygen atoms in total. The van der Waals surface area contributed by atoms with Gasteiger partial charge in [0.2, 0.25) is 0 Å². The first-order valence-electron chi connectivity index (χ1n) is 42.5. The molecule has 0 rings (SSSR count). The maximum atomic E-state index is 13.1. The zero-order valence-electron chi connectivity index (χ0n) is 66.2. The molecule has 0 aromatic heterocycles. The van der Waals surface area contributed by atoms with Gasteiger partial charge in [0.1, 0.15) is 19.3 Å². The molecule has 0 aromatic carbocycles. The average molecular weight is 1480 g/mol. The lowest BCUT2D eigenvalue weighted by Gasteiger charge is -2.21. The number of rotatable bonds is 81. The van der Waals surface area contributed by atoms with Crippen LogP contribution in [0.3, 0.4) is 0 Å². The summed E-state index contributed by atoms with van der Waals surface area (Å²) in [5.41, 5.74) is 0. The van der Waals surface area contributed by atoms with Crippen LogP contribution in [0, 0.1) is 11.8 Å². The molecule has 0 radical (unpaired) electrons. The van der Waals surface area contributed by atoms with Gasteiger partial charge in [-0.2, -0.15) is 0 Å². The summed E-state index contributed by atoms with van der Waals surface area (Å²) < 4.78 is 68.8. The van der Waals surface area contributed by atoms with Gasteiger partial charge < -0.3 is 33.8 Å². The maximum absolute atomic E-state index is 13.1. The number of phosphoric acid groups is 2. The molecule has 0 saturated heterocycles. The Bertz CT molecular complexity index is 1940. The van der Waals surface area contributed by atoms with Crippen LogP contribution < -0.4 is 0 Å². The number of carbonyl (C=O) groups is 4. The number of ether oxygens (including phenoxy) is 4. The topological polar surface area (TPSA) is 237 Å². The van der Waals surface area contributed by atoms with Crippen LogP contribution in [0.2, 0.25) is 0 Å². The molecule has 19 heteroatoms. The monoisotopic (exact) mass is 1480 g/mol. The zero-order chi connectivity index (χ0) is 74.2. The number of unbranched alkanes of at least 4 members (excludes halogenated alkanes) is 51. The van der Waals surface area contributed by atoms with Gasteiger partial charge in [0.05, 0.1) is 26.4 Å². The second-order valence-electron chi connectivity index (χ2n) is 30.5. The Morgan fingerprint density at radius 1 is 0.267 bits per heavy atom. The zero-order valence-corrected chi connectivity index (χ0v) is 68.0. The van der Waals surface area contributed by atoms with Crippen molar-refractivity contribution in [3.8, 4) is 0 Å². The van der Waals surface area contributed by atoms with Crippen molar-refractivity contribution in [3.63, 3.8) is 0 Å². The lowest BCUT2D eigenvalue weighted by molar-refractivity contribution is -0.161. The molecule has 3 N–H and O–H groups in total. The second-order valence-corrected chi connectivity index (χ2v) is 33.4. The number of hydrogen-bond acceptors (Lipinski definition) is 15. The lowest BCUT2D eigenvalue weighted by Crippen LogP contribution is -2.30. The molecule has 0 aliphatic carbocycles. The Hall–Kier alpha value is -1.94. The van der Waals surface area contributed by atoms with Crippen molar-refractivity contribution in [1.82, 2.24) is 0 Å². The Morgan fingerprint density at radius 3 is 0.673 bits per heavy atom. The third-order valence-electron chi connectivity index (χ3n) is 19.2. The maximum Gasteiger partial charge on any atom is 0.472 e. The fourth-order valence-corrected chi connectivity index (χ4v) is 14.3. The van der Waals surface area contributed by atoms with E-state index in [1.165, 1.54) is 250 Å². The Balaban J connectivity index is 5.25. The van der Waals surface area contributed by atoms with Gasteiger partial charge in [-0.25, -0.2) is 9.13 Å². The summed E-state index contributed by atoms with van der Waals surface area (Å²) >= 11 is 0. The number of carbonyl (C=O) groups excluding carboxylic acids is 4. The van der Waals surface area contributed by atoms with E-state index < -0.39 is 97.5 Å². The molecule has 101 heavy (non-hydrogen) atoms. The summed E-state index contributed by atoms with van der Waals surface area (Å²) in [6, 6.07) is 0. The molecule has 0 aliphatic heterocycles. The Morgan fingerprint density at radius 2 is 0.455 bits per heavy atom. The van der Waals surface area contributed by atoms with Crippen molar-refractivity contribution in [2.45, 2.75) is 452 Å². The Kier molecular flexibility index (Phi) is 72.2. The summed E-state index contributed by atoms with van der Waals surface area (Å²) in [5, 5.41) is 10.7. The average Bonchev–Trinajstić information content (AvgIpc) is 0.972. The van der Waals surface area contributed by atoms with E-state index in [1.807, 2.05) is 0 Å². The molecule has 0 heterocycles. The molecule has 2 unspecified atom stereocenters. The highest BCUT2D eigenvalue weighted by molar-refractivity contribution is 7.47. The van der Waals surface area contributed by atoms with E-state index in [2.05, 4.69) is 41.5 Å². The predicted molar refractivity (Wildman–Crippen MR) is 414 cm³/mol. The van der Waals surface area contributed by atoms with Crippen LogP contribution in [0.1, 0.15) is 433 Å². The van der Waals surface area contributed by atoms with Gasteiger partial charge in [-0.1, -0.05) is 382 Å². The quantitative estimate of drug-likeness (QED) is 0.0222. The fraction of sp³-hybridized carbons (Fsp3) is 0.951. The molecule has 5 atom stereocenters. The van der Waals surface area contributed by atoms with Gasteiger partial charge in [-0.05, 0) is 37.5 Å². The molecule has 0 fully saturated rings. The highest BCUT2D eigenvalue weighted by Crippen LogP contribution is 2.45. The molecule has 600 valence electrons. The summed E-state index contributed by atoms with van der Waals surface area (Å²) in [6.45, 7) is 9.65. The highest BCUT2D eigenvalue weighted by Gasteiger charge is 2.30. The SMILES string of the molecule is CCCCCCCCCCCCCCCCCCCCCCC(=O)O[C@H](COC(=O)CCCCCCCCCCCCCC(C)C)COP(=O)(O)OC[C@@H](O)COP(=O)(O)OC[C@@H](COC(=O)CCCCCCCCCCCCCCC)OC(=O)CCCCCCCCCCCCCC(C)C. The van der Waals surface area contributed by atoms with Crippen molar-refractivity contribution >= 4 is 39.5 Å². The minimum absolute atomic E-state index is 0.107. The van der Waals surface area contributed by atoms with E-state index in [-0.39, 0.29) is 25.7 Å². The van der Waals surface area contributed by atoms with Gasteiger partial charge >= 0.3 is 39.5 Å². The standard InChI is InChI=1S/C82H160O17P2/c1-7-9-11-13-15-17-19-21-22-23-24-25-26-27-29-35-42-48-54-60-66-81(86)98-77(71-93-80(85)65-59-53-47-41-36-30-32-38-44-50-56-62-74(3)4)72-96-100(88,89)94-68-76(83)69-95-101(90,91)97-73-78(70-92-79(84)64-58-52-46-40-34-28-20-18-16-14-12-10-8-2)99-82(87)67-61-55-49-43-37-31-33-39-45-51-57-63-75(5)6/h74-78,83H,7-73H2,1-6H3,(H,88,89)(H,90,91)/t76-,77-,78-/m1/s1. The van der Waals surface area contributed by atoms with Crippen molar-refractivity contribution in [2.75, 3.05) is 39.6 Å². The van der Waals surface area contributed by atoms with Crippen LogP contribution in [0.25, 0.3) is 0 Å². The van der Waals surface area contributed by atoms with E-state index >= 15 is 0 Å². The Labute approximate surface area is 619 Å². The first kappa shape index (κ1) is 99.1. The smallest absolute Gasteiger partial charge is 0.462 e. The van der Waals surface area contributed by atoms with Gasteiger partial charge in [0, 0.05) is 25.7 Å². The third kappa shape index (κ3) is 76.1. The number of hydrogen-bond donors (Lipinski definition) is 3. The van der Waals surface area contributed by atoms with Crippen LogP contribution in [-0.2, 0) is 65.4 Å². The lowest BCUT2D eigenvalue weighted by atomic mass is 10.0. The largest absolute Gasteiger partial charge is 0.472 e. The predicted octanol–water partition coefficient (Wildman–Crippen LogP) is 24.7. The number of phosphoric ester groups is 2. The van der Waals surface area contributed by atoms with Gasteiger partial charge in [-0.3, -0.25) is 37.3 Å². The van der Waals surface area contributed by atoms with Crippen LogP contribution >= 0.6 is 15.6 Å². The van der Waals surface area contributed by atoms with Crippen LogP contribution in [-0.4, -0.2) is 96.7 Å². The molecule has 0 aromatic rings. The summed E-state index contributed by atoms with van der Waals surface area (Å²) in [4.78, 5) is 73.1. The molecule has 0 saturated carbocycles. The molecule has 0 aliphatic rings. The minimum Gasteiger partial charge on any atom is -0.462 e. The number of aliphatic hydroxyl groups is 1. The molecular weight excluding hydrogens is 1320 g/mol. The number of aliphatic hydroxyl groups excluding tert-OH is 1. The summed E-state index contributed by atoms with van der Waals surface area (Å²) in [7, 11) is -9.92. The minimum atomic E-state index is -4.96. The molecule has 0 amide bonds. The summed E-state index contributed by atoms with van der Waals surface area (Å²) in [5.74, 6) is -0.570. The van der Waals surface area contributed by atoms with Crippen molar-refractivity contribution in [2.24, 2.45) is 11.8 Å². The van der Waals surface area contributed by atoms with Gasteiger partial charge in [-0.15, -0.1) is 0 Å². The van der Waals surface area contributed by atoms with E-state index in [4.69, 9.17) is 37.0 Å². The van der Waals surface area contributed by atoms with E-state index in [9.17, 15) is 43.2 Å². The highest BCUT2D eigenvalue weighted by atomic mass is 31.2. The van der Waals surface area contributed by atoms with Crippen molar-refractivity contribution in [3.05, 3.63) is 0 Å². The molecular formula is C82H160O17P2. The number of esters is 4. The van der Waals surface area contributed by atoms with Crippen LogP contribution in [0.15, 0.2) is 0 Å². The van der Waals surface area contributed by atoms with Crippen molar-refractivity contribution < 1.29 is 80.2 Å². The van der Waals surface area contributed by atoms with E-state index in [0.29, 0.717) is 25.7 Å². The summed E-state index contributed by atoms with van der Waals surface area (Å²) in [6.07, 6.45) is 63.8. The molecule has 0 spiro atoms. The fourth-order valence-electron chi connectivity index (χ4n) is 12.7. The van der Waals surface area contributed by atoms with Gasteiger partial charge in [0.15, 0.2) is 12.2 Å². The van der Waals surface area contributed by atoms with E-state index in [1.54, 1.807) is 0 Å².